The summed E-state index contributed by atoms with van der Waals surface area (Å²) >= 11 is 5.89. The average Bonchev–Trinajstić information content (AvgIpc) is 2.82. The van der Waals surface area contributed by atoms with E-state index in [-0.39, 0.29) is 23.6 Å². The van der Waals surface area contributed by atoms with Gasteiger partial charge in [0.2, 0.25) is 0 Å². The van der Waals surface area contributed by atoms with Crippen LogP contribution in [0.2, 0.25) is 5.02 Å². The summed E-state index contributed by atoms with van der Waals surface area (Å²) < 4.78 is 6.11. The van der Waals surface area contributed by atoms with E-state index in [0.29, 0.717) is 16.3 Å². The highest BCUT2D eigenvalue weighted by molar-refractivity contribution is 6.30. The Balaban J connectivity index is 2.75. The van der Waals surface area contributed by atoms with Crippen molar-refractivity contribution in [2.45, 2.75) is 6.61 Å². The first-order valence-corrected chi connectivity index (χ1v) is 6.30. The van der Waals surface area contributed by atoms with Crippen molar-refractivity contribution in [3.8, 4) is 11.8 Å². The van der Waals surface area contributed by atoms with Gasteiger partial charge in [0.1, 0.15) is 6.07 Å². The summed E-state index contributed by atoms with van der Waals surface area (Å²) in [6, 6.07) is 6.72. The second kappa shape index (κ2) is 5.87. The Morgan fingerprint density at radius 2 is 2.29 bits per heavy atom. The fourth-order valence-corrected chi connectivity index (χ4v) is 2.22. The van der Waals surface area contributed by atoms with Crippen molar-refractivity contribution in [1.29, 1.82) is 5.26 Å². The van der Waals surface area contributed by atoms with E-state index in [1.807, 2.05) is 6.07 Å². The Morgan fingerprint density at radius 3 is 2.86 bits per heavy atom. The number of nitriles is 1. The molecule has 108 valence electrons. The molecule has 7 heteroatoms. The van der Waals surface area contributed by atoms with E-state index in [2.05, 4.69) is 0 Å². The van der Waals surface area contributed by atoms with E-state index in [1.54, 1.807) is 18.2 Å². The highest BCUT2D eigenvalue weighted by Gasteiger charge is 2.22. The molecule has 0 saturated carbocycles. The minimum atomic E-state index is -0.673. The van der Waals surface area contributed by atoms with E-state index in [4.69, 9.17) is 27.3 Å². The molecule has 6 nitrogen and oxygen atoms in total. The lowest BCUT2D eigenvalue weighted by atomic mass is 10.2. The van der Waals surface area contributed by atoms with Crippen LogP contribution in [-0.4, -0.2) is 22.8 Å². The van der Waals surface area contributed by atoms with Crippen LogP contribution in [0.25, 0.3) is 5.69 Å². The van der Waals surface area contributed by atoms with Crippen LogP contribution in [0.3, 0.4) is 0 Å². The van der Waals surface area contributed by atoms with Crippen LogP contribution in [0.1, 0.15) is 21.6 Å². The Morgan fingerprint density at radius 1 is 1.57 bits per heavy atom. The molecule has 0 atom stereocenters. The van der Waals surface area contributed by atoms with Crippen molar-refractivity contribution < 1.29 is 14.6 Å². The molecule has 0 spiro atoms. The first-order chi connectivity index (χ1) is 10.0. The smallest absolute Gasteiger partial charge is 0.357 e. The maximum absolute atomic E-state index is 11.9. The van der Waals surface area contributed by atoms with Gasteiger partial charge in [0.05, 0.1) is 30.7 Å². The summed E-state index contributed by atoms with van der Waals surface area (Å²) in [5.41, 5.74) is 7.02. The molecule has 0 radical (unpaired) electrons. The van der Waals surface area contributed by atoms with Crippen LogP contribution in [0.4, 0.5) is 5.69 Å². The van der Waals surface area contributed by atoms with Gasteiger partial charge in [-0.1, -0.05) is 11.6 Å². The fourth-order valence-electron chi connectivity index (χ4n) is 2.02. The molecule has 3 N–H and O–H groups in total. The molecule has 2 aromatic rings. The summed E-state index contributed by atoms with van der Waals surface area (Å²) in [5, 5.41) is 18.9. The highest BCUT2D eigenvalue weighted by atomic mass is 35.5. The number of carbonyl (C=O) groups excluding carboxylic acids is 1. The molecule has 1 aromatic heterocycles. The van der Waals surface area contributed by atoms with Crippen LogP contribution in [0, 0.1) is 11.3 Å². The maximum atomic E-state index is 11.9. The first kappa shape index (κ1) is 14.9. The van der Waals surface area contributed by atoms with Crippen molar-refractivity contribution in [3.63, 3.8) is 0 Å². The third-order valence-corrected chi connectivity index (χ3v) is 3.25. The molecule has 0 saturated heterocycles. The Bertz CT molecular complexity index is 747. The number of carbonyl (C=O) groups is 1. The molecule has 0 amide bonds. The number of aliphatic hydroxyl groups is 1. The van der Waals surface area contributed by atoms with Gasteiger partial charge in [0, 0.05) is 16.8 Å². The number of methoxy groups -OCH3 is 1. The molecule has 0 aliphatic heterocycles. The zero-order valence-corrected chi connectivity index (χ0v) is 11.9. The predicted octanol–water partition coefficient (Wildman–Crippen LogP) is 1.86. The van der Waals surface area contributed by atoms with Crippen LogP contribution >= 0.6 is 11.6 Å². The lowest BCUT2D eigenvalue weighted by Gasteiger charge is -2.12. The molecule has 0 aliphatic carbocycles. The monoisotopic (exact) mass is 305 g/mol. The number of nitrogens with two attached hydrogens (primary N) is 1. The van der Waals surface area contributed by atoms with Crippen molar-refractivity contribution in [3.05, 3.63) is 46.2 Å². The molecule has 0 aliphatic rings. The number of benzene rings is 1. The zero-order chi connectivity index (χ0) is 15.6. The van der Waals surface area contributed by atoms with Gasteiger partial charge in [-0.25, -0.2) is 4.79 Å². The molecular weight excluding hydrogens is 294 g/mol. The minimum Gasteiger partial charge on any atom is -0.464 e. The lowest BCUT2D eigenvalue weighted by molar-refractivity contribution is 0.0593. The van der Waals surface area contributed by atoms with Gasteiger partial charge in [-0.2, -0.15) is 5.26 Å². The fraction of sp³-hybridized carbons (Fsp3) is 0.143. The van der Waals surface area contributed by atoms with Gasteiger partial charge in [-0.05, 0) is 18.2 Å². The topological polar surface area (TPSA) is 101 Å². The number of nitrogens with zero attached hydrogens (tertiary/aromatic N) is 2. The number of nitrogen functional groups attached to an aromatic ring is 1. The predicted molar refractivity (Wildman–Crippen MR) is 77.2 cm³/mol. The van der Waals surface area contributed by atoms with Crippen LogP contribution < -0.4 is 5.73 Å². The number of rotatable bonds is 3. The molecule has 1 heterocycles. The van der Waals surface area contributed by atoms with Crippen LogP contribution in [-0.2, 0) is 11.3 Å². The Hall–Kier alpha value is -2.49. The molecule has 2 rings (SSSR count). The number of ether oxygens (including phenoxy) is 1. The Kier molecular flexibility index (Phi) is 4.17. The van der Waals surface area contributed by atoms with E-state index < -0.39 is 5.97 Å². The lowest BCUT2D eigenvalue weighted by Crippen LogP contribution is -2.12. The van der Waals surface area contributed by atoms with Crippen molar-refractivity contribution in [2.24, 2.45) is 0 Å². The molecule has 21 heavy (non-hydrogen) atoms. The number of esters is 1. The summed E-state index contributed by atoms with van der Waals surface area (Å²) in [5.74, 6) is -0.673. The third kappa shape index (κ3) is 2.57. The second-order valence-electron chi connectivity index (χ2n) is 4.21. The van der Waals surface area contributed by atoms with Crippen LogP contribution in [0.15, 0.2) is 24.4 Å². The average molecular weight is 306 g/mol. The maximum Gasteiger partial charge on any atom is 0.357 e. The largest absolute Gasteiger partial charge is 0.464 e. The summed E-state index contributed by atoms with van der Waals surface area (Å²) in [6.07, 6.45) is 1.42. The van der Waals surface area contributed by atoms with Gasteiger partial charge in [0.15, 0.2) is 5.69 Å². The first-order valence-electron chi connectivity index (χ1n) is 5.92. The highest BCUT2D eigenvalue weighted by Crippen LogP contribution is 2.28. The molecule has 0 unspecified atom stereocenters. The van der Waals surface area contributed by atoms with E-state index in [9.17, 15) is 9.90 Å². The summed E-state index contributed by atoms with van der Waals surface area (Å²) in [6.45, 7) is -0.281. The van der Waals surface area contributed by atoms with E-state index >= 15 is 0 Å². The Labute approximate surface area is 125 Å². The van der Waals surface area contributed by atoms with Crippen molar-refractivity contribution >= 4 is 23.3 Å². The van der Waals surface area contributed by atoms with Crippen molar-refractivity contribution in [2.75, 3.05) is 12.8 Å². The second-order valence-corrected chi connectivity index (χ2v) is 4.65. The summed E-state index contributed by atoms with van der Waals surface area (Å²) in [7, 11) is 1.22. The quantitative estimate of drug-likeness (QED) is 0.843. The van der Waals surface area contributed by atoms with Crippen LogP contribution in [0.5, 0.6) is 0 Å². The number of hydrogen-bond donors (Lipinski definition) is 2. The number of aromatic nitrogens is 1. The van der Waals surface area contributed by atoms with Gasteiger partial charge in [-0.15, -0.1) is 0 Å². The number of aliphatic hydroxyl groups excluding tert-OH is 1. The van der Waals surface area contributed by atoms with Gasteiger partial charge >= 0.3 is 5.97 Å². The van der Waals surface area contributed by atoms with E-state index in [1.165, 1.54) is 17.9 Å². The summed E-state index contributed by atoms with van der Waals surface area (Å²) in [4.78, 5) is 11.9. The molecular formula is C14H12ClN3O3. The number of hydrogen-bond acceptors (Lipinski definition) is 5. The number of anilines is 1. The minimum absolute atomic E-state index is 0.0307. The standard InChI is InChI=1S/C14H12ClN3O3/c1-21-14(20)13-12(17)9(5-16)6-18(13)11-3-2-10(15)4-8(11)7-19/h2-4,6,19H,7,17H2,1H3. The van der Waals surface area contributed by atoms with E-state index in [0.717, 1.165) is 0 Å². The number of halogens is 1. The van der Waals surface area contributed by atoms with Gasteiger partial charge in [-0.3, -0.25) is 0 Å². The van der Waals surface area contributed by atoms with Gasteiger partial charge < -0.3 is 20.1 Å². The molecule has 0 fully saturated rings. The normalized spacial score (nSPS) is 10.2. The third-order valence-electron chi connectivity index (χ3n) is 3.02. The molecule has 1 aromatic carbocycles. The molecule has 0 bridgehead atoms. The van der Waals surface area contributed by atoms with Gasteiger partial charge in [0.25, 0.3) is 0 Å². The SMILES string of the molecule is COC(=O)c1c(N)c(C#N)cn1-c1ccc(Cl)cc1CO. The van der Waals surface area contributed by atoms with Crippen molar-refractivity contribution in [1.82, 2.24) is 4.57 Å². The zero-order valence-electron chi connectivity index (χ0n) is 11.1.